The highest BCUT2D eigenvalue weighted by molar-refractivity contribution is 6.30. The number of amides is 1. The van der Waals surface area contributed by atoms with Crippen LogP contribution >= 0.6 is 11.6 Å². The molecule has 1 aromatic rings. The molecule has 5 heteroatoms. The van der Waals surface area contributed by atoms with Crippen molar-refractivity contribution in [1.29, 1.82) is 0 Å². The second-order valence-electron chi connectivity index (χ2n) is 6.03. The first-order valence-corrected chi connectivity index (χ1v) is 7.29. The summed E-state index contributed by atoms with van der Waals surface area (Å²) in [5.41, 5.74) is 0.763. The van der Waals surface area contributed by atoms with Crippen molar-refractivity contribution < 1.29 is 9.90 Å². The van der Waals surface area contributed by atoms with Crippen molar-refractivity contribution in [3.8, 4) is 0 Å². The van der Waals surface area contributed by atoms with Gasteiger partial charge in [0.25, 0.3) is 5.91 Å². The van der Waals surface area contributed by atoms with Crippen LogP contribution in [0.2, 0.25) is 5.02 Å². The van der Waals surface area contributed by atoms with Crippen molar-refractivity contribution in [3.63, 3.8) is 0 Å². The number of halogens is 1. The predicted octanol–water partition coefficient (Wildman–Crippen LogP) is 1.48. The fourth-order valence-electron chi connectivity index (χ4n) is 3.41. The molecule has 20 heavy (non-hydrogen) atoms. The molecule has 1 spiro atoms. The van der Waals surface area contributed by atoms with Crippen LogP contribution in [0.1, 0.15) is 16.8 Å². The first-order chi connectivity index (χ1) is 9.54. The molecule has 4 nitrogen and oxygen atoms in total. The predicted molar refractivity (Wildman–Crippen MR) is 77.9 cm³/mol. The highest BCUT2D eigenvalue weighted by atomic mass is 35.5. The number of nitrogens with zero attached hydrogens (tertiary/aromatic N) is 2. The summed E-state index contributed by atoms with van der Waals surface area (Å²) in [5.74, 6) is 0.404. The van der Waals surface area contributed by atoms with Gasteiger partial charge in [0.1, 0.15) is 0 Å². The standard InChI is InChI=1S/C15H19ClN2O2/c1-17-7-11(8-19)6-15(17)9-18(10-15)14(20)12-2-4-13(16)5-3-12/h2-5,11,19H,6-10H2,1H3. The van der Waals surface area contributed by atoms with Gasteiger partial charge in [-0.3, -0.25) is 9.69 Å². The number of rotatable bonds is 2. The molecular formula is C15H19ClN2O2. The van der Waals surface area contributed by atoms with Crippen LogP contribution in [0.25, 0.3) is 0 Å². The van der Waals surface area contributed by atoms with Crippen molar-refractivity contribution in [2.75, 3.05) is 33.3 Å². The molecule has 1 atom stereocenters. The molecule has 2 saturated heterocycles. The summed E-state index contributed by atoms with van der Waals surface area (Å²) in [5, 5.41) is 9.94. The maximum Gasteiger partial charge on any atom is 0.253 e. The summed E-state index contributed by atoms with van der Waals surface area (Å²) < 4.78 is 0. The molecule has 0 saturated carbocycles. The van der Waals surface area contributed by atoms with Crippen molar-refractivity contribution >= 4 is 17.5 Å². The van der Waals surface area contributed by atoms with E-state index in [0.717, 1.165) is 26.1 Å². The molecule has 108 valence electrons. The molecule has 2 aliphatic rings. The van der Waals surface area contributed by atoms with Gasteiger partial charge < -0.3 is 10.0 Å². The third kappa shape index (κ3) is 2.22. The van der Waals surface area contributed by atoms with E-state index >= 15 is 0 Å². The van der Waals surface area contributed by atoms with Gasteiger partial charge in [-0.15, -0.1) is 0 Å². The summed E-state index contributed by atoms with van der Waals surface area (Å²) in [4.78, 5) is 16.5. The summed E-state index contributed by atoms with van der Waals surface area (Å²) in [6.07, 6.45) is 0.977. The maximum atomic E-state index is 12.4. The van der Waals surface area contributed by atoms with Crippen molar-refractivity contribution in [2.24, 2.45) is 5.92 Å². The molecule has 2 heterocycles. The third-order valence-electron chi connectivity index (χ3n) is 4.62. The zero-order valence-electron chi connectivity index (χ0n) is 11.6. The van der Waals surface area contributed by atoms with Crippen LogP contribution in [-0.2, 0) is 0 Å². The van der Waals surface area contributed by atoms with E-state index in [0.29, 0.717) is 16.5 Å². The Labute approximate surface area is 123 Å². The van der Waals surface area contributed by atoms with Gasteiger partial charge in [0.05, 0.1) is 5.54 Å². The van der Waals surface area contributed by atoms with E-state index in [1.54, 1.807) is 24.3 Å². The van der Waals surface area contributed by atoms with Crippen LogP contribution in [0, 0.1) is 5.92 Å². The average Bonchev–Trinajstić information content (AvgIpc) is 2.74. The lowest BCUT2D eigenvalue weighted by atomic mass is 9.84. The quantitative estimate of drug-likeness (QED) is 0.898. The Hall–Kier alpha value is -1.10. The van der Waals surface area contributed by atoms with Crippen LogP contribution in [0.3, 0.4) is 0 Å². The highest BCUT2D eigenvalue weighted by Gasteiger charge is 2.52. The van der Waals surface area contributed by atoms with Gasteiger partial charge >= 0.3 is 0 Å². The molecule has 0 radical (unpaired) electrons. The van der Waals surface area contributed by atoms with Gasteiger partial charge in [0.2, 0.25) is 0 Å². The molecule has 0 aromatic heterocycles. The fourth-order valence-corrected chi connectivity index (χ4v) is 3.54. The topological polar surface area (TPSA) is 43.8 Å². The fraction of sp³-hybridized carbons (Fsp3) is 0.533. The summed E-state index contributed by atoms with van der Waals surface area (Å²) in [7, 11) is 2.08. The summed E-state index contributed by atoms with van der Waals surface area (Å²) in [6, 6.07) is 7.02. The van der Waals surface area contributed by atoms with Gasteiger partial charge in [-0.2, -0.15) is 0 Å². The van der Waals surface area contributed by atoms with Crippen molar-refractivity contribution in [1.82, 2.24) is 9.80 Å². The normalized spacial score (nSPS) is 24.9. The van der Waals surface area contributed by atoms with Crippen LogP contribution in [-0.4, -0.2) is 59.6 Å². The SMILES string of the molecule is CN1CC(CO)CC12CN(C(=O)c1ccc(Cl)cc1)C2. The largest absolute Gasteiger partial charge is 0.396 e. The second kappa shape index (κ2) is 5.02. The number of carbonyl (C=O) groups excluding carboxylic acids is 1. The zero-order valence-corrected chi connectivity index (χ0v) is 12.3. The lowest BCUT2D eigenvalue weighted by molar-refractivity contribution is -0.00774. The number of hydrogen-bond donors (Lipinski definition) is 1. The molecule has 0 aliphatic carbocycles. The van der Waals surface area contributed by atoms with Gasteiger partial charge in [0, 0.05) is 36.8 Å². The monoisotopic (exact) mass is 294 g/mol. The maximum absolute atomic E-state index is 12.4. The number of likely N-dealkylation sites (N-methyl/N-ethyl adjacent to an activating group) is 1. The first kappa shape index (κ1) is 13.9. The Balaban J connectivity index is 1.65. The number of carbonyl (C=O) groups is 1. The Morgan fingerprint density at radius 1 is 1.40 bits per heavy atom. The van der Waals surface area contributed by atoms with E-state index in [2.05, 4.69) is 11.9 Å². The highest BCUT2D eigenvalue weighted by Crippen LogP contribution is 2.39. The Morgan fingerprint density at radius 2 is 2.05 bits per heavy atom. The number of aliphatic hydroxyl groups excluding tert-OH is 1. The van der Waals surface area contributed by atoms with Gasteiger partial charge in [-0.05, 0) is 43.7 Å². The number of hydrogen-bond acceptors (Lipinski definition) is 3. The molecule has 2 fully saturated rings. The van der Waals surface area contributed by atoms with E-state index in [1.165, 1.54) is 0 Å². The van der Waals surface area contributed by atoms with Crippen LogP contribution in [0.4, 0.5) is 0 Å². The molecule has 1 N–H and O–H groups in total. The lowest BCUT2D eigenvalue weighted by Crippen LogP contribution is -2.68. The zero-order chi connectivity index (χ0) is 14.3. The minimum absolute atomic E-state index is 0.0631. The van der Waals surface area contributed by atoms with Gasteiger partial charge in [-0.25, -0.2) is 0 Å². The second-order valence-corrected chi connectivity index (χ2v) is 6.46. The van der Waals surface area contributed by atoms with Crippen LogP contribution in [0.5, 0.6) is 0 Å². The minimum Gasteiger partial charge on any atom is -0.396 e. The molecule has 1 unspecified atom stereocenters. The van der Waals surface area contributed by atoms with Crippen molar-refractivity contribution in [3.05, 3.63) is 34.9 Å². The Kier molecular flexibility index (Phi) is 3.48. The Bertz CT molecular complexity index is 511. The van der Waals surface area contributed by atoms with Crippen LogP contribution in [0.15, 0.2) is 24.3 Å². The average molecular weight is 295 g/mol. The van der Waals surface area contributed by atoms with Gasteiger partial charge in [-0.1, -0.05) is 11.6 Å². The smallest absolute Gasteiger partial charge is 0.253 e. The Morgan fingerprint density at radius 3 is 2.60 bits per heavy atom. The van der Waals surface area contributed by atoms with E-state index in [4.69, 9.17) is 11.6 Å². The van der Waals surface area contributed by atoms with E-state index in [-0.39, 0.29) is 18.1 Å². The first-order valence-electron chi connectivity index (χ1n) is 6.91. The number of likely N-dealkylation sites (tertiary alicyclic amines) is 2. The van der Waals surface area contributed by atoms with Crippen LogP contribution < -0.4 is 0 Å². The van der Waals surface area contributed by atoms with Gasteiger partial charge in [0.15, 0.2) is 0 Å². The lowest BCUT2D eigenvalue weighted by Gasteiger charge is -2.52. The summed E-state index contributed by atoms with van der Waals surface area (Å²) >= 11 is 5.84. The molecule has 0 bridgehead atoms. The third-order valence-corrected chi connectivity index (χ3v) is 4.87. The van der Waals surface area contributed by atoms with Crippen molar-refractivity contribution in [2.45, 2.75) is 12.0 Å². The molecular weight excluding hydrogens is 276 g/mol. The molecule has 3 rings (SSSR count). The van der Waals surface area contributed by atoms with E-state index in [9.17, 15) is 9.90 Å². The molecule has 1 amide bonds. The van der Waals surface area contributed by atoms with E-state index in [1.807, 2.05) is 4.90 Å². The number of benzene rings is 1. The summed E-state index contributed by atoms with van der Waals surface area (Å²) in [6.45, 7) is 2.65. The minimum atomic E-state index is 0.0631. The molecule has 2 aliphatic heterocycles. The number of aliphatic hydroxyl groups is 1. The van der Waals surface area contributed by atoms with E-state index < -0.39 is 0 Å². The molecule has 1 aromatic carbocycles.